The number of nitro groups is 1. The first-order valence-corrected chi connectivity index (χ1v) is 21.5. The second-order valence-corrected chi connectivity index (χ2v) is 17.8. The maximum atomic E-state index is 13.5. The van der Waals surface area contributed by atoms with Gasteiger partial charge in [-0.1, -0.05) is 41.9 Å². The highest BCUT2D eigenvalue weighted by Gasteiger charge is 2.33. The van der Waals surface area contributed by atoms with Gasteiger partial charge in [0.2, 0.25) is 0 Å². The van der Waals surface area contributed by atoms with Crippen LogP contribution in [0.1, 0.15) is 27.9 Å². The zero-order valence-corrected chi connectivity index (χ0v) is 34.1. The number of aryl methyl sites for hydroxylation is 1. The SMILES string of the molecule is CN(C)C[C@H](CSc1ccccc1)Nc1ccc(S(=O)(=O)NC(=O)c2ccc3c(c2)CC[C@@H]2CN(Cc4cnccc4-c4ccc(Cl)cc4)CCN32)cc1[N+](=O)[O-]. The number of anilines is 2. The molecule has 0 saturated carbocycles. The number of sulfonamides is 1. The van der Waals surface area contributed by atoms with Crippen molar-refractivity contribution in [2.45, 2.75) is 41.3 Å². The molecule has 2 atom stereocenters. The number of carbonyl (C=O) groups excluding carboxylic acids is 1. The first-order valence-electron chi connectivity index (χ1n) is 18.7. The topological polar surface area (TPSA) is 141 Å². The van der Waals surface area contributed by atoms with Crippen molar-refractivity contribution in [3.8, 4) is 11.1 Å². The van der Waals surface area contributed by atoms with Gasteiger partial charge in [-0.2, -0.15) is 0 Å². The summed E-state index contributed by atoms with van der Waals surface area (Å²) in [5.41, 5.74) is 5.41. The molecule has 0 radical (unpaired) electrons. The van der Waals surface area contributed by atoms with Crippen LogP contribution in [0.5, 0.6) is 0 Å². The molecule has 0 spiro atoms. The third-order valence-electron chi connectivity index (χ3n) is 10.3. The van der Waals surface area contributed by atoms with E-state index in [1.54, 1.807) is 23.9 Å². The van der Waals surface area contributed by atoms with Gasteiger partial charge in [0, 0.05) is 90.2 Å². The minimum Gasteiger partial charge on any atom is -0.375 e. The molecule has 7 rings (SSSR count). The van der Waals surface area contributed by atoms with Crippen LogP contribution in [-0.2, 0) is 23.0 Å². The number of amides is 1. The number of fused-ring (bicyclic) bond motifs is 3. The Morgan fingerprint density at radius 1 is 1.04 bits per heavy atom. The molecular weight excluding hydrogens is 782 g/mol. The average Bonchev–Trinajstić information content (AvgIpc) is 3.20. The molecule has 2 N–H and O–H groups in total. The Hall–Kier alpha value is -4.99. The number of hydrogen-bond donors (Lipinski definition) is 2. The highest BCUT2D eigenvalue weighted by Crippen LogP contribution is 2.35. The fourth-order valence-corrected chi connectivity index (χ4v) is 9.62. The number of nitrogens with zero attached hydrogens (tertiary/aromatic N) is 5. The summed E-state index contributed by atoms with van der Waals surface area (Å²) in [4.78, 5) is 36.9. The number of aromatic nitrogens is 1. The third kappa shape index (κ3) is 9.77. The van der Waals surface area contributed by atoms with E-state index < -0.39 is 26.5 Å². The average molecular weight is 826 g/mol. The number of thioether (sulfide) groups is 1. The van der Waals surface area contributed by atoms with Gasteiger partial charge in [-0.25, -0.2) is 13.1 Å². The van der Waals surface area contributed by atoms with E-state index in [0.29, 0.717) is 17.3 Å². The molecule has 57 heavy (non-hydrogen) atoms. The molecule has 5 aromatic rings. The van der Waals surface area contributed by atoms with Crippen LogP contribution < -0.4 is 14.9 Å². The molecule has 12 nitrogen and oxygen atoms in total. The van der Waals surface area contributed by atoms with Gasteiger partial charge in [0.1, 0.15) is 5.69 Å². The van der Waals surface area contributed by atoms with E-state index in [-0.39, 0.29) is 28.2 Å². The largest absolute Gasteiger partial charge is 0.375 e. The molecule has 0 unspecified atom stereocenters. The van der Waals surface area contributed by atoms with Crippen LogP contribution in [0.15, 0.2) is 119 Å². The first-order chi connectivity index (χ1) is 27.4. The van der Waals surface area contributed by atoms with Crippen molar-refractivity contribution in [1.82, 2.24) is 19.5 Å². The summed E-state index contributed by atoms with van der Waals surface area (Å²) in [6.45, 7) is 3.87. The lowest BCUT2D eigenvalue weighted by atomic mass is 9.92. The Labute approximate surface area is 342 Å². The minimum atomic E-state index is -4.44. The fraction of sp³-hybridized carbons (Fsp3) is 0.286. The summed E-state index contributed by atoms with van der Waals surface area (Å²) in [5.74, 6) is -0.183. The van der Waals surface area contributed by atoms with Crippen molar-refractivity contribution in [3.63, 3.8) is 0 Å². The number of halogens is 1. The van der Waals surface area contributed by atoms with E-state index in [2.05, 4.69) is 24.8 Å². The number of likely N-dealkylation sites (N-methyl/N-ethyl adjacent to an activating group) is 1. The normalized spacial score (nSPS) is 16.1. The van der Waals surface area contributed by atoms with Crippen LogP contribution in [0.4, 0.5) is 17.1 Å². The Bertz CT molecular complexity index is 2350. The van der Waals surface area contributed by atoms with Crippen molar-refractivity contribution in [3.05, 3.63) is 141 Å². The predicted octanol–water partition coefficient (Wildman–Crippen LogP) is 7.20. The summed E-state index contributed by atoms with van der Waals surface area (Å²) in [6, 6.07) is 28.8. The number of hydrogen-bond acceptors (Lipinski definition) is 11. The van der Waals surface area contributed by atoms with Gasteiger partial charge >= 0.3 is 0 Å². The standard InChI is InChI=1S/C42H44ClN7O5S2/c1-47(2)26-34(28-56-36-6-4-3-5-7-36)45-39-16-15-37(23-41(39)50(52)53)57(54,55)46-42(51)31-11-17-40-30(22-31)10-14-35-27-48(20-21-49(35)40)25-32-24-44-19-18-38(32)29-8-12-33(43)13-9-29/h3-9,11-13,15-19,22-24,34-35,45H,10,14,20-21,25-28H2,1-2H3,(H,46,51)/t34-,35-/m1/s1. The second kappa shape index (κ2) is 17.7. The van der Waals surface area contributed by atoms with E-state index >= 15 is 0 Å². The summed E-state index contributed by atoms with van der Waals surface area (Å²) >= 11 is 7.75. The number of nitrogens with one attached hydrogen (secondary N) is 2. The Balaban J connectivity index is 1.00. The summed E-state index contributed by atoms with van der Waals surface area (Å²) in [7, 11) is -0.608. The molecule has 1 aromatic heterocycles. The maximum Gasteiger partial charge on any atom is 0.293 e. The number of nitro benzene ring substituents is 1. The smallest absolute Gasteiger partial charge is 0.293 e. The molecular formula is C42H44ClN7O5S2. The highest BCUT2D eigenvalue weighted by atomic mass is 35.5. The quantitative estimate of drug-likeness (QED) is 0.0668. The van der Waals surface area contributed by atoms with Crippen LogP contribution in [-0.4, -0.2) is 92.1 Å². The molecule has 0 aliphatic carbocycles. The van der Waals surface area contributed by atoms with Gasteiger partial charge < -0.3 is 15.1 Å². The summed E-state index contributed by atoms with van der Waals surface area (Å²) in [5, 5.41) is 16.1. The van der Waals surface area contributed by atoms with Crippen molar-refractivity contribution in [2.24, 2.45) is 0 Å². The van der Waals surface area contributed by atoms with Gasteiger partial charge in [-0.15, -0.1) is 11.8 Å². The Morgan fingerprint density at radius 2 is 1.82 bits per heavy atom. The number of rotatable bonds is 14. The summed E-state index contributed by atoms with van der Waals surface area (Å²) in [6.07, 6.45) is 5.36. The summed E-state index contributed by atoms with van der Waals surface area (Å²) < 4.78 is 29.1. The van der Waals surface area contributed by atoms with Crippen molar-refractivity contribution in [2.75, 3.05) is 56.2 Å². The fourth-order valence-electron chi connectivity index (χ4n) is 7.57. The lowest BCUT2D eigenvalue weighted by Gasteiger charge is -2.46. The molecule has 1 fully saturated rings. The van der Waals surface area contributed by atoms with Crippen LogP contribution in [0.2, 0.25) is 5.02 Å². The van der Waals surface area contributed by atoms with E-state index in [0.717, 1.165) is 77.9 Å². The van der Waals surface area contributed by atoms with E-state index in [1.807, 2.05) is 98.1 Å². The second-order valence-electron chi connectivity index (χ2n) is 14.6. The zero-order chi connectivity index (χ0) is 40.1. The van der Waals surface area contributed by atoms with Gasteiger partial charge in [-0.05, 0) is 110 Å². The van der Waals surface area contributed by atoms with Crippen molar-refractivity contribution < 1.29 is 18.1 Å². The molecule has 1 amide bonds. The number of piperazine rings is 1. The van der Waals surface area contributed by atoms with Gasteiger partial charge in [-0.3, -0.25) is 24.8 Å². The molecule has 2 aliphatic rings. The highest BCUT2D eigenvalue weighted by molar-refractivity contribution is 7.99. The maximum absolute atomic E-state index is 13.5. The van der Waals surface area contributed by atoms with Gasteiger partial charge in [0.25, 0.3) is 21.6 Å². The molecule has 4 aromatic carbocycles. The van der Waals surface area contributed by atoms with Crippen LogP contribution in [0.25, 0.3) is 11.1 Å². The molecule has 1 saturated heterocycles. The molecule has 2 aliphatic heterocycles. The van der Waals surface area contributed by atoms with Crippen LogP contribution >= 0.6 is 23.4 Å². The van der Waals surface area contributed by atoms with Gasteiger partial charge in [0.05, 0.1) is 9.82 Å². The van der Waals surface area contributed by atoms with Crippen LogP contribution in [0, 0.1) is 10.1 Å². The van der Waals surface area contributed by atoms with Crippen molar-refractivity contribution >= 4 is 56.4 Å². The lowest BCUT2D eigenvalue weighted by Crippen LogP contribution is -2.54. The third-order valence-corrected chi connectivity index (χ3v) is 13.0. The van der Waals surface area contributed by atoms with E-state index in [1.165, 1.54) is 12.1 Å². The number of pyridine rings is 1. The Morgan fingerprint density at radius 3 is 2.58 bits per heavy atom. The molecule has 0 bridgehead atoms. The van der Waals surface area contributed by atoms with E-state index in [9.17, 15) is 23.3 Å². The molecule has 296 valence electrons. The Kier molecular flexibility index (Phi) is 12.5. The zero-order valence-electron chi connectivity index (χ0n) is 31.7. The first kappa shape index (κ1) is 40.2. The minimum absolute atomic E-state index is 0.185. The number of benzene rings is 4. The molecule has 15 heteroatoms. The molecule has 3 heterocycles. The van der Waals surface area contributed by atoms with Gasteiger partial charge in [0.15, 0.2) is 0 Å². The van der Waals surface area contributed by atoms with Crippen LogP contribution in [0.3, 0.4) is 0 Å². The monoisotopic (exact) mass is 825 g/mol. The van der Waals surface area contributed by atoms with E-state index in [4.69, 9.17) is 11.6 Å². The lowest BCUT2D eigenvalue weighted by molar-refractivity contribution is -0.384. The predicted molar refractivity (Wildman–Crippen MR) is 227 cm³/mol. The van der Waals surface area contributed by atoms with Crippen molar-refractivity contribution in [1.29, 1.82) is 0 Å². The number of carbonyl (C=O) groups is 1.